The zero-order valence-electron chi connectivity index (χ0n) is 19.1. The highest BCUT2D eigenvalue weighted by Gasteiger charge is 2.54. The Bertz CT molecular complexity index is 1120. The second-order valence-corrected chi connectivity index (χ2v) is 12.0. The lowest BCUT2D eigenvalue weighted by atomic mass is 9.49. The number of amides is 2. The highest BCUT2D eigenvalue weighted by atomic mass is 32.2. The highest BCUT2D eigenvalue weighted by Crippen LogP contribution is 2.60. The maximum absolute atomic E-state index is 13.0. The van der Waals surface area contributed by atoms with E-state index in [0.717, 1.165) is 19.3 Å². The average molecular weight is 486 g/mol. The van der Waals surface area contributed by atoms with Gasteiger partial charge in [0.05, 0.1) is 17.7 Å². The predicted molar refractivity (Wildman–Crippen MR) is 126 cm³/mol. The molecule has 0 saturated heterocycles. The van der Waals surface area contributed by atoms with E-state index in [0.29, 0.717) is 29.2 Å². The topological polar surface area (TPSA) is 118 Å². The normalized spacial score (nSPS) is 27.5. The van der Waals surface area contributed by atoms with Gasteiger partial charge in [0, 0.05) is 24.1 Å². The number of hydrogen-bond donors (Lipinski definition) is 3. The van der Waals surface area contributed by atoms with Crippen LogP contribution in [-0.4, -0.2) is 26.8 Å². The molecule has 0 atom stereocenters. The van der Waals surface area contributed by atoms with Crippen molar-refractivity contribution < 1.29 is 22.4 Å². The monoisotopic (exact) mass is 485 g/mol. The van der Waals surface area contributed by atoms with Gasteiger partial charge in [0.25, 0.3) is 0 Å². The van der Waals surface area contributed by atoms with E-state index in [1.807, 2.05) is 0 Å². The minimum absolute atomic E-state index is 0.0371. The van der Waals surface area contributed by atoms with Gasteiger partial charge in [-0.2, -0.15) is 0 Å². The molecule has 0 spiro atoms. The summed E-state index contributed by atoms with van der Waals surface area (Å²) in [5.74, 6) is 2.41. The number of sulfonamides is 1. The van der Waals surface area contributed by atoms with Crippen LogP contribution in [0.15, 0.2) is 52.0 Å². The summed E-state index contributed by atoms with van der Waals surface area (Å²) in [6.07, 6.45) is 8.42. The Morgan fingerprint density at radius 1 is 1.00 bits per heavy atom. The van der Waals surface area contributed by atoms with Gasteiger partial charge >= 0.3 is 0 Å². The third kappa shape index (κ3) is 4.90. The Labute approximate surface area is 199 Å². The molecule has 4 bridgehead atoms. The molecule has 4 saturated carbocycles. The molecule has 9 heteroatoms. The second-order valence-electron chi connectivity index (χ2n) is 10.2. The van der Waals surface area contributed by atoms with Crippen LogP contribution >= 0.6 is 0 Å². The van der Waals surface area contributed by atoms with Crippen LogP contribution in [0.25, 0.3) is 0 Å². The molecule has 1 aromatic carbocycles. The van der Waals surface area contributed by atoms with Crippen molar-refractivity contribution in [2.75, 3.05) is 11.9 Å². The number of carbonyl (C=O) groups excluding carboxylic acids is 2. The average Bonchev–Trinajstić information content (AvgIpc) is 3.31. The maximum atomic E-state index is 13.0. The lowest BCUT2D eigenvalue weighted by molar-refractivity contribution is -0.146. The van der Waals surface area contributed by atoms with Crippen LogP contribution in [0.5, 0.6) is 0 Å². The van der Waals surface area contributed by atoms with Crippen LogP contribution in [0.3, 0.4) is 0 Å². The molecule has 2 aromatic rings. The lowest BCUT2D eigenvalue weighted by Crippen LogP contribution is -2.53. The van der Waals surface area contributed by atoms with Crippen molar-refractivity contribution in [3.63, 3.8) is 0 Å². The van der Waals surface area contributed by atoms with Gasteiger partial charge < -0.3 is 15.1 Å². The highest BCUT2D eigenvalue weighted by molar-refractivity contribution is 7.89. The number of nitrogens with one attached hydrogen (secondary N) is 3. The van der Waals surface area contributed by atoms with Gasteiger partial charge in [-0.1, -0.05) is 6.07 Å². The first-order valence-corrected chi connectivity index (χ1v) is 13.5. The molecule has 6 rings (SSSR count). The van der Waals surface area contributed by atoms with Gasteiger partial charge in [0.2, 0.25) is 21.8 Å². The van der Waals surface area contributed by atoms with Crippen molar-refractivity contribution in [2.45, 2.75) is 56.4 Å². The predicted octanol–water partition coefficient (Wildman–Crippen LogP) is 3.42. The van der Waals surface area contributed by atoms with Crippen LogP contribution in [0.4, 0.5) is 5.69 Å². The molecule has 34 heavy (non-hydrogen) atoms. The van der Waals surface area contributed by atoms with E-state index in [4.69, 9.17) is 4.42 Å². The summed E-state index contributed by atoms with van der Waals surface area (Å²) in [7, 11) is -3.76. The Morgan fingerprint density at radius 3 is 2.35 bits per heavy atom. The molecule has 0 radical (unpaired) electrons. The molecule has 3 N–H and O–H groups in total. The Kier molecular flexibility index (Phi) is 6.24. The number of furan rings is 1. The number of carbonyl (C=O) groups is 2. The molecular formula is C25H31N3O5S. The Morgan fingerprint density at radius 2 is 1.71 bits per heavy atom. The molecule has 0 unspecified atom stereocenters. The van der Waals surface area contributed by atoms with Crippen LogP contribution in [0.1, 0.15) is 50.7 Å². The van der Waals surface area contributed by atoms with Crippen molar-refractivity contribution in [3.05, 3.63) is 48.4 Å². The Balaban J connectivity index is 1.11. The minimum Gasteiger partial charge on any atom is -0.468 e. The third-order valence-corrected chi connectivity index (χ3v) is 9.00. The summed E-state index contributed by atoms with van der Waals surface area (Å²) < 4.78 is 32.8. The zero-order chi connectivity index (χ0) is 23.8. The SMILES string of the molecule is O=C(CCNC(=O)C12CC3CC(CC(C3)C1)C2)Nc1cccc(S(=O)(=O)NCc2ccco2)c1. The van der Waals surface area contributed by atoms with Crippen LogP contribution in [0.2, 0.25) is 0 Å². The molecule has 4 fully saturated rings. The fourth-order valence-electron chi connectivity index (χ4n) is 6.49. The molecule has 1 aromatic heterocycles. The largest absolute Gasteiger partial charge is 0.468 e. The van der Waals surface area contributed by atoms with Crippen molar-refractivity contribution in [2.24, 2.45) is 23.2 Å². The molecule has 8 nitrogen and oxygen atoms in total. The van der Waals surface area contributed by atoms with E-state index in [-0.39, 0.29) is 41.6 Å². The van der Waals surface area contributed by atoms with Crippen molar-refractivity contribution in [1.82, 2.24) is 10.0 Å². The van der Waals surface area contributed by atoms with E-state index in [9.17, 15) is 18.0 Å². The summed E-state index contributed by atoms with van der Waals surface area (Å²) in [5, 5.41) is 5.74. The molecule has 4 aliphatic rings. The third-order valence-electron chi connectivity index (χ3n) is 7.60. The second kappa shape index (κ2) is 9.19. The fraction of sp³-hybridized carbons (Fsp3) is 0.520. The van der Waals surface area contributed by atoms with E-state index in [1.165, 1.54) is 37.7 Å². The van der Waals surface area contributed by atoms with E-state index < -0.39 is 10.0 Å². The smallest absolute Gasteiger partial charge is 0.241 e. The van der Waals surface area contributed by atoms with E-state index in [1.54, 1.807) is 24.3 Å². The fourth-order valence-corrected chi connectivity index (χ4v) is 7.53. The van der Waals surface area contributed by atoms with Crippen LogP contribution in [0, 0.1) is 23.2 Å². The maximum Gasteiger partial charge on any atom is 0.241 e. The van der Waals surface area contributed by atoms with Crippen LogP contribution in [-0.2, 0) is 26.2 Å². The summed E-state index contributed by atoms with van der Waals surface area (Å²) >= 11 is 0. The number of rotatable bonds is 9. The molecule has 1 heterocycles. The van der Waals surface area contributed by atoms with Gasteiger partial charge in [-0.15, -0.1) is 0 Å². The molecule has 0 aliphatic heterocycles. The van der Waals surface area contributed by atoms with Gasteiger partial charge in [0.15, 0.2) is 0 Å². The standard InChI is InChI=1S/C25H31N3O5S/c29-23(6-7-26-24(30)25-13-17-9-18(14-25)11-19(10-17)15-25)28-20-3-1-5-22(12-20)34(31,32)27-16-21-4-2-8-33-21/h1-5,8,12,17-19,27H,6-7,9-11,13-16H2,(H,26,30)(H,28,29). The Hall–Kier alpha value is -2.65. The van der Waals surface area contributed by atoms with Crippen molar-refractivity contribution in [1.29, 1.82) is 0 Å². The first kappa shape index (κ1) is 23.1. The lowest BCUT2D eigenvalue weighted by Gasteiger charge is -2.55. The minimum atomic E-state index is -3.76. The first-order chi connectivity index (χ1) is 16.3. The van der Waals surface area contributed by atoms with Gasteiger partial charge in [-0.3, -0.25) is 9.59 Å². The van der Waals surface area contributed by atoms with Gasteiger partial charge in [-0.25, -0.2) is 13.1 Å². The zero-order valence-corrected chi connectivity index (χ0v) is 19.9. The molecule has 182 valence electrons. The first-order valence-electron chi connectivity index (χ1n) is 12.0. The van der Waals surface area contributed by atoms with Crippen LogP contribution < -0.4 is 15.4 Å². The summed E-state index contributed by atoms with van der Waals surface area (Å²) in [5.41, 5.74) is 0.162. The quantitative estimate of drug-likeness (QED) is 0.503. The van der Waals surface area contributed by atoms with Crippen molar-refractivity contribution >= 4 is 27.5 Å². The van der Waals surface area contributed by atoms with Gasteiger partial charge in [-0.05, 0) is 86.6 Å². The van der Waals surface area contributed by atoms with E-state index >= 15 is 0 Å². The molecular weight excluding hydrogens is 454 g/mol. The van der Waals surface area contributed by atoms with Gasteiger partial charge in [0.1, 0.15) is 5.76 Å². The molecule has 4 aliphatic carbocycles. The van der Waals surface area contributed by atoms with Crippen molar-refractivity contribution in [3.8, 4) is 0 Å². The number of hydrogen-bond acceptors (Lipinski definition) is 5. The molecule has 2 amide bonds. The van der Waals surface area contributed by atoms with E-state index in [2.05, 4.69) is 15.4 Å². The summed E-state index contributed by atoms with van der Waals surface area (Å²) in [6.45, 7) is 0.310. The number of benzene rings is 1. The summed E-state index contributed by atoms with van der Waals surface area (Å²) in [6, 6.07) is 9.46. The number of anilines is 1. The summed E-state index contributed by atoms with van der Waals surface area (Å²) in [4.78, 5) is 25.5.